The molecule has 0 aliphatic rings. The number of benzene rings is 1. The van der Waals surface area contributed by atoms with Gasteiger partial charge >= 0.3 is 5.97 Å². The molecular weight excluding hydrogens is 222 g/mol. The predicted octanol–water partition coefficient (Wildman–Crippen LogP) is 0.522. The highest BCUT2D eigenvalue weighted by Gasteiger charge is 2.11. The maximum atomic E-state index is 10.6. The summed E-state index contributed by atoms with van der Waals surface area (Å²) in [6, 6.07) is 6.91. The van der Waals surface area contributed by atoms with Crippen molar-refractivity contribution in [2.45, 2.75) is 19.6 Å². The van der Waals surface area contributed by atoms with Gasteiger partial charge in [0, 0.05) is 6.54 Å². The van der Waals surface area contributed by atoms with Crippen LogP contribution in [0.4, 0.5) is 0 Å². The van der Waals surface area contributed by atoms with Crippen LogP contribution in [0.5, 0.6) is 5.75 Å². The number of nitrogens with two attached hydrogens (primary N) is 1. The lowest BCUT2D eigenvalue weighted by Gasteiger charge is -2.10. The monoisotopic (exact) mass is 237 g/mol. The number of hydrogen-bond donors (Lipinski definition) is 4. The number of guanidine groups is 1. The molecule has 92 valence electrons. The van der Waals surface area contributed by atoms with E-state index < -0.39 is 12.1 Å². The molecule has 1 rings (SSSR count). The molecule has 0 saturated carbocycles. The molecule has 0 amide bonds. The molecule has 0 fully saturated rings. The van der Waals surface area contributed by atoms with Crippen LogP contribution in [0.3, 0.4) is 0 Å². The fourth-order valence-corrected chi connectivity index (χ4v) is 1.14. The molecule has 1 unspecified atom stereocenters. The van der Waals surface area contributed by atoms with Crippen molar-refractivity contribution in [3.05, 3.63) is 29.8 Å². The second kappa shape index (κ2) is 5.74. The van der Waals surface area contributed by atoms with Gasteiger partial charge in [-0.25, -0.2) is 4.79 Å². The number of hydrogen-bond acceptors (Lipinski definition) is 3. The number of carboxylic acids is 1. The number of rotatable bonds is 5. The molecule has 0 aromatic heterocycles. The zero-order chi connectivity index (χ0) is 12.8. The van der Waals surface area contributed by atoms with Crippen molar-refractivity contribution < 1.29 is 14.6 Å². The number of aliphatic carboxylic acids is 1. The fourth-order valence-electron chi connectivity index (χ4n) is 1.14. The Hall–Kier alpha value is -2.24. The Morgan fingerprint density at radius 3 is 2.59 bits per heavy atom. The van der Waals surface area contributed by atoms with Crippen molar-refractivity contribution >= 4 is 11.9 Å². The summed E-state index contributed by atoms with van der Waals surface area (Å²) in [6.07, 6.45) is -0.879. The Morgan fingerprint density at radius 1 is 1.53 bits per heavy atom. The molecule has 6 nitrogen and oxygen atoms in total. The van der Waals surface area contributed by atoms with E-state index in [4.69, 9.17) is 21.0 Å². The Balaban J connectivity index is 2.55. The highest BCUT2D eigenvalue weighted by Crippen LogP contribution is 2.13. The summed E-state index contributed by atoms with van der Waals surface area (Å²) < 4.78 is 5.17. The smallest absolute Gasteiger partial charge is 0.344 e. The first kappa shape index (κ1) is 12.8. The van der Waals surface area contributed by atoms with Crippen molar-refractivity contribution in [2.24, 2.45) is 5.73 Å². The van der Waals surface area contributed by atoms with Crippen molar-refractivity contribution in [3.63, 3.8) is 0 Å². The highest BCUT2D eigenvalue weighted by molar-refractivity contribution is 5.74. The predicted molar refractivity (Wildman–Crippen MR) is 62.9 cm³/mol. The van der Waals surface area contributed by atoms with E-state index >= 15 is 0 Å². The van der Waals surface area contributed by atoms with E-state index in [1.165, 1.54) is 6.92 Å². The summed E-state index contributed by atoms with van der Waals surface area (Å²) in [5.41, 5.74) is 6.08. The average molecular weight is 237 g/mol. The minimum absolute atomic E-state index is 0.0928. The van der Waals surface area contributed by atoms with Gasteiger partial charge in [0.2, 0.25) is 0 Å². The Kier molecular flexibility index (Phi) is 4.33. The molecule has 0 saturated heterocycles. The Morgan fingerprint density at radius 2 is 2.12 bits per heavy atom. The normalized spacial score (nSPS) is 11.6. The van der Waals surface area contributed by atoms with Gasteiger partial charge in [-0.2, -0.15) is 0 Å². The van der Waals surface area contributed by atoms with Crippen LogP contribution in [-0.4, -0.2) is 23.1 Å². The lowest BCUT2D eigenvalue weighted by Crippen LogP contribution is -2.29. The summed E-state index contributed by atoms with van der Waals surface area (Å²) in [5.74, 6) is -0.608. The van der Waals surface area contributed by atoms with E-state index in [9.17, 15) is 4.79 Å². The van der Waals surface area contributed by atoms with Gasteiger partial charge in [-0.15, -0.1) is 0 Å². The number of nitrogens with one attached hydrogen (secondary N) is 2. The standard InChI is InChI=1S/C11H15N3O3/c1-7(10(15)16)17-9-4-2-8(3-5-9)6-14-11(12)13/h2-5,7H,6H2,1H3,(H,15,16)(H4,12,13,14). The van der Waals surface area contributed by atoms with Crippen LogP contribution < -0.4 is 15.8 Å². The van der Waals surface area contributed by atoms with Crippen LogP contribution in [0.25, 0.3) is 0 Å². The van der Waals surface area contributed by atoms with Crippen molar-refractivity contribution in [3.8, 4) is 5.75 Å². The summed E-state index contributed by atoms with van der Waals surface area (Å²) in [7, 11) is 0. The molecule has 0 bridgehead atoms. The minimum atomic E-state index is -1.01. The molecule has 5 N–H and O–H groups in total. The molecular formula is C11H15N3O3. The third-order valence-electron chi connectivity index (χ3n) is 2.07. The van der Waals surface area contributed by atoms with Gasteiger partial charge in [-0.05, 0) is 24.6 Å². The van der Waals surface area contributed by atoms with E-state index in [0.29, 0.717) is 12.3 Å². The first-order valence-electron chi connectivity index (χ1n) is 5.05. The van der Waals surface area contributed by atoms with Crippen LogP contribution >= 0.6 is 0 Å². The second-order valence-corrected chi connectivity index (χ2v) is 3.51. The highest BCUT2D eigenvalue weighted by atomic mass is 16.5. The number of ether oxygens (including phenoxy) is 1. The molecule has 17 heavy (non-hydrogen) atoms. The first-order valence-corrected chi connectivity index (χ1v) is 5.05. The lowest BCUT2D eigenvalue weighted by atomic mass is 10.2. The minimum Gasteiger partial charge on any atom is -0.479 e. The fraction of sp³-hybridized carbons (Fsp3) is 0.273. The molecule has 1 aromatic rings. The lowest BCUT2D eigenvalue weighted by molar-refractivity contribution is -0.144. The van der Waals surface area contributed by atoms with Gasteiger partial charge in [-0.1, -0.05) is 12.1 Å². The van der Waals surface area contributed by atoms with Gasteiger partial charge < -0.3 is 20.9 Å². The SMILES string of the molecule is CC(Oc1ccc(CNC(=N)N)cc1)C(=O)O. The molecule has 0 heterocycles. The van der Waals surface area contributed by atoms with Crippen molar-refractivity contribution in [1.82, 2.24) is 5.32 Å². The largest absolute Gasteiger partial charge is 0.479 e. The average Bonchev–Trinajstić information content (AvgIpc) is 2.28. The van der Waals surface area contributed by atoms with Gasteiger partial charge in [0.05, 0.1) is 0 Å². The second-order valence-electron chi connectivity index (χ2n) is 3.51. The molecule has 0 radical (unpaired) electrons. The van der Waals surface area contributed by atoms with Crippen LogP contribution in [0, 0.1) is 5.41 Å². The van der Waals surface area contributed by atoms with Gasteiger partial charge in [0.25, 0.3) is 0 Å². The van der Waals surface area contributed by atoms with Crippen LogP contribution in [0.2, 0.25) is 0 Å². The Labute approximate surface area is 98.9 Å². The van der Waals surface area contributed by atoms with Gasteiger partial charge in [0.15, 0.2) is 12.1 Å². The van der Waals surface area contributed by atoms with Crippen LogP contribution in [0.1, 0.15) is 12.5 Å². The van der Waals surface area contributed by atoms with Crippen LogP contribution in [-0.2, 0) is 11.3 Å². The van der Waals surface area contributed by atoms with Gasteiger partial charge in [0.1, 0.15) is 5.75 Å². The first-order chi connectivity index (χ1) is 7.99. The van der Waals surface area contributed by atoms with E-state index in [1.54, 1.807) is 24.3 Å². The third-order valence-corrected chi connectivity index (χ3v) is 2.07. The molecule has 0 aliphatic heterocycles. The third kappa shape index (κ3) is 4.42. The van der Waals surface area contributed by atoms with Gasteiger partial charge in [-0.3, -0.25) is 5.41 Å². The maximum absolute atomic E-state index is 10.6. The zero-order valence-electron chi connectivity index (χ0n) is 9.43. The topological polar surface area (TPSA) is 108 Å². The van der Waals surface area contributed by atoms with Crippen molar-refractivity contribution in [1.29, 1.82) is 5.41 Å². The summed E-state index contributed by atoms with van der Waals surface area (Å²) in [6.45, 7) is 1.91. The van der Waals surface area contributed by atoms with E-state index in [1.807, 2.05) is 0 Å². The van der Waals surface area contributed by atoms with E-state index in [-0.39, 0.29) is 5.96 Å². The number of carboxylic acid groups (broad SMARTS) is 1. The summed E-state index contributed by atoms with van der Waals surface area (Å²) in [5, 5.41) is 18.3. The maximum Gasteiger partial charge on any atom is 0.344 e. The number of carbonyl (C=O) groups is 1. The van der Waals surface area contributed by atoms with Crippen molar-refractivity contribution in [2.75, 3.05) is 0 Å². The zero-order valence-corrected chi connectivity index (χ0v) is 9.43. The Bertz CT molecular complexity index is 403. The van der Waals surface area contributed by atoms with Crippen LogP contribution in [0.15, 0.2) is 24.3 Å². The molecule has 0 aliphatic carbocycles. The molecule has 0 spiro atoms. The summed E-state index contributed by atoms with van der Waals surface area (Å²) in [4.78, 5) is 10.6. The molecule has 1 atom stereocenters. The molecule has 1 aromatic carbocycles. The summed E-state index contributed by atoms with van der Waals surface area (Å²) >= 11 is 0. The quantitative estimate of drug-likeness (QED) is 0.441. The molecule has 6 heteroatoms. The van der Waals surface area contributed by atoms with E-state index in [0.717, 1.165) is 5.56 Å². The van der Waals surface area contributed by atoms with E-state index in [2.05, 4.69) is 5.32 Å².